The number of thiazole rings is 1. The van der Waals surface area contributed by atoms with Crippen LogP contribution >= 0.6 is 22.9 Å². The molecule has 0 spiro atoms. The number of benzene rings is 1. The molecule has 0 unspecified atom stereocenters. The molecule has 7 heteroatoms. The monoisotopic (exact) mass is 396 g/mol. The van der Waals surface area contributed by atoms with Gasteiger partial charge in [0.2, 0.25) is 0 Å². The van der Waals surface area contributed by atoms with Crippen molar-refractivity contribution in [2.75, 3.05) is 5.32 Å². The number of rotatable bonds is 4. The molecule has 3 aromatic rings. The molecule has 1 amide bonds. The van der Waals surface area contributed by atoms with Crippen LogP contribution in [-0.2, 0) is 4.79 Å². The fourth-order valence-electron chi connectivity index (χ4n) is 2.82. The van der Waals surface area contributed by atoms with E-state index in [1.807, 2.05) is 67.1 Å². The molecule has 136 valence electrons. The maximum atomic E-state index is 12.4. The Bertz CT molecular complexity index is 1090. The summed E-state index contributed by atoms with van der Waals surface area (Å²) in [4.78, 5) is 16.6. The van der Waals surface area contributed by atoms with E-state index >= 15 is 0 Å². The summed E-state index contributed by atoms with van der Waals surface area (Å²) in [6.07, 6.45) is 1.59. The molecular weight excluding hydrogens is 380 g/mol. The Morgan fingerprint density at radius 3 is 2.70 bits per heavy atom. The number of aromatic nitrogens is 2. The van der Waals surface area contributed by atoms with Crippen LogP contribution in [0.1, 0.15) is 22.6 Å². The first kappa shape index (κ1) is 18.9. The summed E-state index contributed by atoms with van der Waals surface area (Å²) in [5, 5.41) is 15.1. The SMILES string of the molecule is Cc1csc(NC(=O)C(C#N)=Cc2cc(C)n(-c3ccccc3Cl)c2C)n1. The number of hydrogen-bond donors (Lipinski definition) is 1. The molecule has 0 saturated carbocycles. The van der Waals surface area contributed by atoms with Crippen LogP contribution in [-0.4, -0.2) is 15.5 Å². The lowest BCUT2D eigenvalue weighted by Gasteiger charge is -2.11. The van der Waals surface area contributed by atoms with Crippen LogP contribution < -0.4 is 5.32 Å². The molecule has 5 nitrogen and oxygen atoms in total. The second kappa shape index (κ2) is 7.78. The van der Waals surface area contributed by atoms with Gasteiger partial charge in [-0.2, -0.15) is 5.26 Å². The molecule has 2 aromatic heterocycles. The number of nitriles is 1. The Labute approximate surface area is 166 Å². The normalized spacial score (nSPS) is 11.3. The van der Waals surface area contributed by atoms with Crippen molar-refractivity contribution in [1.82, 2.24) is 9.55 Å². The number of carbonyl (C=O) groups excluding carboxylic acids is 1. The third kappa shape index (κ3) is 3.95. The number of carbonyl (C=O) groups is 1. The van der Waals surface area contributed by atoms with E-state index in [0.717, 1.165) is 28.3 Å². The Hall–Kier alpha value is -2.88. The summed E-state index contributed by atoms with van der Waals surface area (Å²) in [5.41, 5.74) is 4.33. The highest BCUT2D eigenvalue weighted by Crippen LogP contribution is 2.27. The zero-order valence-electron chi connectivity index (χ0n) is 15.1. The number of nitrogens with one attached hydrogen (secondary N) is 1. The summed E-state index contributed by atoms with van der Waals surface area (Å²) in [6.45, 7) is 5.73. The standard InChI is InChI=1S/C20H17ClN4OS/c1-12-11-27-20(23-12)24-19(26)16(10-22)9-15-8-13(2)25(14(15)3)18-7-5-4-6-17(18)21/h4-9,11H,1-3H3,(H,23,24,26). The van der Waals surface area contributed by atoms with Gasteiger partial charge in [-0.05, 0) is 50.6 Å². The molecule has 3 rings (SSSR count). The van der Waals surface area contributed by atoms with E-state index in [1.165, 1.54) is 11.3 Å². The molecule has 1 aromatic carbocycles. The minimum absolute atomic E-state index is 0.0160. The first-order chi connectivity index (χ1) is 12.9. The summed E-state index contributed by atoms with van der Waals surface area (Å²) in [5.74, 6) is -0.477. The molecule has 2 heterocycles. The Kier molecular flexibility index (Phi) is 5.45. The molecule has 0 aliphatic carbocycles. The highest BCUT2D eigenvalue weighted by Gasteiger charge is 2.15. The van der Waals surface area contributed by atoms with Gasteiger partial charge in [0.15, 0.2) is 5.13 Å². The van der Waals surface area contributed by atoms with Crippen LogP contribution in [0.3, 0.4) is 0 Å². The average Bonchev–Trinajstić information content (AvgIpc) is 3.16. The highest BCUT2D eigenvalue weighted by atomic mass is 35.5. The lowest BCUT2D eigenvalue weighted by atomic mass is 10.1. The Balaban J connectivity index is 1.96. The van der Waals surface area contributed by atoms with Crippen LogP contribution in [0.25, 0.3) is 11.8 Å². The Morgan fingerprint density at radius 1 is 1.33 bits per heavy atom. The average molecular weight is 397 g/mol. The van der Waals surface area contributed by atoms with Crippen molar-refractivity contribution in [1.29, 1.82) is 5.26 Å². The van der Waals surface area contributed by atoms with Crippen molar-refractivity contribution in [3.8, 4) is 11.8 Å². The zero-order chi connectivity index (χ0) is 19.6. The number of hydrogen-bond acceptors (Lipinski definition) is 4. The van der Waals surface area contributed by atoms with E-state index in [9.17, 15) is 10.1 Å². The largest absolute Gasteiger partial charge is 0.316 e. The number of aryl methyl sites for hydroxylation is 2. The summed E-state index contributed by atoms with van der Waals surface area (Å²) in [6, 6.07) is 11.5. The third-order valence-electron chi connectivity index (χ3n) is 4.07. The number of halogens is 1. The molecule has 0 atom stereocenters. The van der Waals surface area contributed by atoms with Gasteiger partial charge in [-0.3, -0.25) is 10.1 Å². The van der Waals surface area contributed by atoms with Crippen LogP contribution in [0.2, 0.25) is 5.02 Å². The number of anilines is 1. The minimum Gasteiger partial charge on any atom is -0.316 e. The quantitative estimate of drug-likeness (QED) is 0.495. The van der Waals surface area contributed by atoms with Gasteiger partial charge in [0.25, 0.3) is 5.91 Å². The maximum Gasteiger partial charge on any atom is 0.268 e. The first-order valence-corrected chi connectivity index (χ1v) is 9.45. The smallest absolute Gasteiger partial charge is 0.268 e. The van der Waals surface area contributed by atoms with Gasteiger partial charge in [-0.25, -0.2) is 4.98 Å². The van der Waals surface area contributed by atoms with Gasteiger partial charge in [-0.15, -0.1) is 11.3 Å². The Morgan fingerprint density at radius 2 is 2.07 bits per heavy atom. The van der Waals surface area contributed by atoms with E-state index in [-0.39, 0.29) is 5.57 Å². The van der Waals surface area contributed by atoms with Gasteiger partial charge in [0, 0.05) is 16.8 Å². The topological polar surface area (TPSA) is 70.7 Å². The fourth-order valence-corrected chi connectivity index (χ4v) is 3.72. The van der Waals surface area contributed by atoms with Crippen LogP contribution in [0, 0.1) is 32.1 Å². The predicted octanol–water partition coefficient (Wildman–Crippen LogP) is 5.06. The van der Waals surface area contributed by atoms with Crippen molar-refractivity contribution in [3.63, 3.8) is 0 Å². The number of para-hydroxylation sites is 1. The number of nitrogens with zero attached hydrogens (tertiary/aromatic N) is 3. The molecule has 27 heavy (non-hydrogen) atoms. The van der Waals surface area contributed by atoms with Gasteiger partial charge in [0.1, 0.15) is 11.6 Å². The molecule has 0 aliphatic heterocycles. The molecule has 0 fully saturated rings. The number of amides is 1. The second-order valence-electron chi connectivity index (χ2n) is 6.03. The molecule has 0 radical (unpaired) electrons. The lowest BCUT2D eigenvalue weighted by molar-refractivity contribution is -0.112. The van der Waals surface area contributed by atoms with Gasteiger partial charge < -0.3 is 4.57 Å². The summed E-state index contributed by atoms with van der Waals surface area (Å²) >= 11 is 7.65. The highest BCUT2D eigenvalue weighted by molar-refractivity contribution is 7.13. The second-order valence-corrected chi connectivity index (χ2v) is 7.30. The third-order valence-corrected chi connectivity index (χ3v) is 5.26. The predicted molar refractivity (Wildman–Crippen MR) is 109 cm³/mol. The summed E-state index contributed by atoms with van der Waals surface area (Å²) in [7, 11) is 0. The van der Waals surface area contributed by atoms with E-state index in [4.69, 9.17) is 11.6 Å². The van der Waals surface area contributed by atoms with E-state index < -0.39 is 5.91 Å². The van der Waals surface area contributed by atoms with Gasteiger partial charge in [-0.1, -0.05) is 23.7 Å². The first-order valence-electron chi connectivity index (χ1n) is 8.20. The van der Waals surface area contributed by atoms with E-state index in [0.29, 0.717) is 10.2 Å². The molecular formula is C20H17ClN4OS. The molecule has 0 saturated heterocycles. The molecule has 0 bridgehead atoms. The molecule has 0 aliphatic rings. The summed E-state index contributed by atoms with van der Waals surface area (Å²) < 4.78 is 2.01. The van der Waals surface area contributed by atoms with Crippen molar-refractivity contribution >= 4 is 40.1 Å². The van der Waals surface area contributed by atoms with Crippen molar-refractivity contribution in [3.05, 3.63) is 69.0 Å². The van der Waals surface area contributed by atoms with Crippen LogP contribution in [0.5, 0.6) is 0 Å². The maximum absolute atomic E-state index is 12.4. The zero-order valence-corrected chi connectivity index (χ0v) is 16.6. The van der Waals surface area contributed by atoms with E-state index in [2.05, 4.69) is 10.3 Å². The molecule has 1 N–H and O–H groups in total. The van der Waals surface area contributed by atoms with Crippen molar-refractivity contribution in [2.24, 2.45) is 0 Å². The van der Waals surface area contributed by atoms with E-state index in [1.54, 1.807) is 6.08 Å². The van der Waals surface area contributed by atoms with Crippen LogP contribution in [0.4, 0.5) is 5.13 Å². The fraction of sp³-hybridized carbons (Fsp3) is 0.150. The van der Waals surface area contributed by atoms with Crippen LogP contribution in [0.15, 0.2) is 41.3 Å². The van der Waals surface area contributed by atoms with Gasteiger partial charge in [0.05, 0.1) is 16.4 Å². The van der Waals surface area contributed by atoms with Crippen molar-refractivity contribution < 1.29 is 4.79 Å². The van der Waals surface area contributed by atoms with Crippen molar-refractivity contribution in [2.45, 2.75) is 20.8 Å². The lowest BCUT2D eigenvalue weighted by Crippen LogP contribution is -2.13. The van der Waals surface area contributed by atoms with Gasteiger partial charge >= 0.3 is 0 Å². The minimum atomic E-state index is -0.477.